The van der Waals surface area contributed by atoms with Crippen LogP contribution in [0.1, 0.15) is 19.4 Å². The average molecular weight is 205 g/mol. The van der Waals surface area contributed by atoms with Gasteiger partial charge in [0.1, 0.15) is 0 Å². The van der Waals surface area contributed by atoms with Gasteiger partial charge in [0.15, 0.2) is 0 Å². The second-order valence-electron chi connectivity index (χ2n) is 3.47. The zero-order valence-electron chi connectivity index (χ0n) is 8.66. The van der Waals surface area contributed by atoms with Gasteiger partial charge in [-0.1, -0.05) is 25.1 Å². The molecule has 0 bridgehead atoms. The maximum Gasteiger partial charge on any atom is 0.0726 e. The molecule has 14 heavy (non-hydrogen) atoms. The van der Waals surface area contributed by atoms with Crippen LogP contribution in [0.5, 0.6) is 0 Å². The van der Waals surface area contributed by atoms with Crippen molar-refractivity contribution in [2.24, 2.45) is 0 Å². The van der Waals surface area contributed by atoms with Gasteiger partial charge in [0.2, 0.25) is 0 Å². The molecule has 0 aliphatic carbocycles. The minimum atomic E-state index is 1.06. The molecule has 1 aromatic rings. The molecule has 0 saturated heterocycles. The van der Waals surface area contributed by atoms with Gasteiger partial charge in [-0.2, -0.15) is 0 Å². The Kier molecular flexibility index (Phi) is 2.82. The number of hydrogen-bond acceptors (Lipinski definition) is 2. The molecule has 0 aromatic heterocycles. The molecular weight excluding hydrogens is 190 g/mol. The lowest BCUT2D eigenvalue weighted by molar-refractivity contribution is 1.04. The van der Waals surface area contributed by atoms with Gasteiger partial charge in [-0.05, 0) is 30.4 Å². The topological polar surface area (TPSA) is 3.24 Å². The Morgan fingerprint density at radius 2 is 2.14 bits per heavy atom. The quantitative estimate of drug-likeness (QED) is 0.725. The van der Waals surface area contributed by atoms with Gasteiger partial charge in [-0.3, -0.25) is 0 Å². The predicted octanol–water partition coefficient (Wildman–Crippen LogP) is 3.62. The normalized spacial score (nSPS) is 15.9. The Morgan fingerprint density at radius 1 is 1.36 bits per heavy atom. The number of nitrogens with zero attached hydrogens (tertiary/aromatic N) is 1. The third-order valence-corrected chi connectivity index (χ3v) is 3.46. The third kappa shape index (κ3) is 1.67. The Bertz CT molecular complexity index is 357. The lowest BCUT2D eigenvalue weighted by atomic mass is 10.1. The van der Waals surface area contributed by atoms with Gasteiger partial charge in [0.05, 0.1) is 5.88 Å². The van der Waals surface area contributed by atoms with Crippen molar-refractivity contribution in [3.63, 3.8) is 0 Å². The van der Waals surface area contributed by atoms with E-state index in [9.17, 15) is 0 Å². The second kappa shape index (κ2) is 4.09. The summed E-state index contributed by atoms with van der Waals surface area (Å²) in [7, 11) is 0. The molecule has 0 N–H and O–H groups in total. The minimum absolute atomic E-state index is 1.06. The first-order valence-electron chi connectivity index (χ1n) is 4.96. The smallest absolute Gasteiger partial charge is 0.0726 e. The minimum Gasteiger partial charge on any atom is -0.335 e. The van der Waals surface area contributed by atoms with Crippen LogP contribution in [0.2, 0.25) is 0 Å². The van der Waals surface area contributed by atoms with Crippen molar-refractivity contribution in [2.75, 3.05) is 10.8 Å². The first kappa shape index (κ1) is 9.66. The Morgan fingerprint density at radius 3 is 2.79 bits per heavy atom. The van der Waals surface area contributed by atoms with Crippen LogP contribution >= 0.6 is 11.8 Å². The molecule has 0 atom stereocenters. The van der Waals surface area contributed by atoms with Crippen LogP contribution in [-0.2, 0) is 6.42 Å². The van der Waals surface area contributed by atoms with E-state index in [2.05, 4.69) is 48.4 Å². The van der Waals surface area contributed by atoms with Gasteiger partial charge in [0, 0.05) is 11.4 Å². The number of aryl methyl sites for hydroxylation is 1. The standard InChI is InChI=1S/C12H15NS/c1-3-11-6-4-5-7-12(11)13-9-14-8-10(13)2/h4-8H,3,9H2,1-2H3. The van der Waals surface area contributed by atoms with Gasteiger partial charge in [-0.25, -0.2) is 0 Å². The lowest BCUT2D eigenvalue weighted by Gasteiger charge is -2.22. The van der Waals surface area contributed by atoms with E-state index in [1.807, 2.05) is 11.8 Å². The first-order chi connectivity index (χ1) is 6.83. The van der Waals surface area contributed by atoms with Crippen molar-refractivity contribution in [3.8, 4) is 0 Å². The highest BCUT2D eigenvalue weighted by molar-refractivity contribution is 8.02. The maximum absolute atomic E-state index is 2.38. The summed E-state index contributed by atoms with van der Waals surface area (Å²) in [4.78, 5) is 2.38. The van der Waals surface area contributed by atoms with Crippen LogP contribution in [0, 0.1) is 0 Å². The van der Waals surface area contributed by atoms with Gasteiger partial charge >= 0.3 is 0 Å². The maximum atomic E-state index is 2.38. The summed E-state index contributed by atoms with van der Waals surface area (Å²) in [6.45, 7) is 4.38. The van der Waals surface area contributed by atoms with E-state index in [-0.39, 0.29) is 0 Å². The second-order valence-corrected chi connectivity index (χ2v) is 4.29. The van der Waals surface area contributed by atoms with Crippen molar-refractivity contribution < 1.29 is 0 Å². The molecular formula is C12H15NS. The number of thioether (sulfide) groups is 1. The van der Waals surface area contributed by atoms with Crippen LogP contribution in [0.3, 0.4) is 0 Å². The van der Waals surface area contributed by atoms with Crippen molar-refractivity contribution in [2.45, 2.75) is 20.3 Å². The molecule has 0 amide bonds. The summed E-state index contributed by atoms with van der Waals surface area (Å²) in [6, 6.07) is 8.66. The molecule has 0 saturated carbocycles. The number of allylic oxidation sites excluding steroid dienone is 1. The Labute approximate surface area is 89.8 Å². The highest BCUT2D eigenvalue weighted by Gasteiger charge is 2.15. The van der Waals surface area contributed by atoms with Crippen molar-refractivity contribution >= 4 is 17.4 Å². The summed E-state index contributed by atoms with van der Waals surface area (Å²) in [5.41, 5.74) is 4.16. The SMILES string of the molecule is CCc1ccccc1N1CSC=C1C. The predicted molar refractivity (Wildman–Crippen MR) is 64.5 cm³/mol. The summed E-state index contributed by atoms with van der Waals surface area (Å²) in [5, 5.41) is 2.23. The summed E-state index contributed by atoms with van der Waals surface area (Å²) in [6.07, 6.45) is 1.10. The van der Waals surface area contributed by atoms with Crippen molar-refractivity contribution in [1.29, 1.82) is 0 Å². The van der Waals surface area contributed by atoms with Crippen LogP contribution < -0.4 is 4.90 Å². The highest BCUT2D eigenvalue weighted by Crippen LogP contribution is 2.31. The number of rotatable bonds is 2. The number of anilines is 1. The van der Waals surface area contributed by atoms with Crippen molar-refractivity contribution in [3.05, 3.63) is 40.9 Å². The fourth-order valence-corrected chi connectivity index (χ4v) is 2.67. The number of hydrogen-bond donors (Lipinski definition) is 0. The van der Waals surface area contributed by atoms with E-state index in [1.54, 1.807) is 0 Å². The molecule has 1 nitrogen and oxygen atoms in total. The average Bonchev–Trinajstić information content (AvgIpc) is 2.64. The van der Waals surface area contributed by atoms with E-state index in [1.165, 1.54) is 16.9 Å². The summed E-state index contributed by atoms with van der Waals surface area (Å²) >= 11 is 1.87. The van der Waals surface area contributed by atoms with Gasteiger partial charge in [-0.15, -0.1) is 11.8 Å². The zero-order valence-corrected chi connectivity index (χ0v) is 9.47. The molecule has 1 aliphatic heterocycles. The lowest BCUT2D eigenvalue weighted by Crippen LogP contribution is -2.17. The number of benzene rings is 1. The Hall–Kier alpha value is -0.890. The highest BCUT2D eigenvalue weighted by atomic mass is 32.2. The van der Waals surface area contributed by atoms with E-state index >= 15 is 0 Å². The fourth-order valence-electron chi connectivity index (χ4n) is 1.73. The molecule has 0 radical (unpaired) electrons. The monoisotopic (exact) mass is 205 g/mol. The van der Waals surface area contributed by atoms with Crippen molar-refractivity contribution in [1.82, 2.24) is 0 Å². The largest absolute Gasteiger partial charge is 0.335 e. The zero-order chi connectivity index (χ0) is 9.97. The molecule has 1 aromatic carbocycles. The summed E-state index contributed by atoms with van der Waals surface area (Å²) in [5.74, 6) is 1.06. The van der Waals surface area contributed by atoms with Crippen LogP contribution in [-0.4, -0.2) is 5.88 Å². The number of para-hydroxylation sites is 1. The van der Waals surface area contributed by atoms with Gasteiger partial charge < -0.3 is 4.90 Å². The molecule has 0 spiro atoms. The molecule has 1 heterocycles. The molecule has 0 unspecified atom stereocenters. The van der Waals surface area contributed by atoms with E-state index < -0.39 is 0 Å². The van der Waals surface area contributed by atoms with Gasteiger partial charge in [0.25, 0.3) is 0 Å². The molecule has 2 heteroatoms. The third-order valence-electron chi connectivity index (χ3n) is 2.55. The van der Waals surface area contributed by atoms with E-state index in [4.69, 9.17) is 0 Å². The van der Waals surface area contributed by atoms with Crippen LogP contribution in [0.4, 0.5) is 5.69 Å². The molecule has 2 rings (SSSR count). The van der Waals surface area contributed by atoms with E-state index in [0.29, 0.717) is 0 Å². The summed E-state index contributed by atoms with van der Waals surface area (Å²) < 4.78 is 0. The molecule has 0 fully saturated rings. The van der Waals surface area contributed by atoms with Crippen LogP contribution in [0.25, 0.3) is 0 Å². The first-order valence-corrected chi connectivity index (χ1v) is 6.01. The van der Waals surface area contributed by atoms with E-state index in [0.717, 1.165) is 12.3 Å². The van der Waals surface area contributed by atoms with Crippen LogP contribution in [0.15, 0.2) is 35.4 Å². The molecule has 1 aliphatic rings. The Balaban J connectivity index is 2.36. The molecule has 74 valence electrons. The fraction of sp³-hybridized carbons (Fsp3) is 0.333.